The molecule has 0 aliphatic rings. The third-order valence-corrected chi connectivity index (χ3v) is 3.79. The topological polar surface area (TPSA) is 81.5 Å². The van der Waals surface area contributed by atoms with Crippen molar-refractivity contribution in [3.8, 4) is 11.5 Å². The number of aliphatic hydroxyl groups is 1. The van der Waals surface area contributed by atoms with Crippen molar-refractivity contribution < 1.29 is 19.4 Å². The SMILES string of the molecule is COc1cc(C(=O)C(O)c2ccccc2)ccc1OCc1ncccn1. The van der Waals surface area contributed by atoms with Gasteiger partial charge in [-0.1, -0.05) is 30.3 Å². The molecule has 0 aliphatic carbocycles. The first-order valence-corrected chi connectivity index (χ1v) is 8.03. The normalized spacial score (nSPS) is 11.6. The Hall–Kier alpha value is -3.25. The van der Waals surface area contributed by atoms with Gasteiger partial charge < -0.3 is 14.6 Å². The van der Waals surface area contributed by atoms with Gasteiger partial charge in [0.25, 0.3) is 0 Å². The van der Waals surface area contributed by atoms with E-state index in [4.69, 9.17) is 9.47 Å². The Morgan fingerprint density at radius 3 is 2.46 bits per heavy atom. The molecule has 0 spiro atoms. The van der Waals surface area contributed by atoms with Crippen molar-refractivity contribution in [3.05, 3.63) is 83.9 Å². The van der Waals surface area contributed by atoms with Gasteiger partial charge >= 0.3 is 0 Å². The second kappa shape index (κ2) is 8.22. The van der Waals surface area contributed by atoms with Crippen LogP contribution >= 0.6 is 0 Å². The van der Waals surface area contributed by atoms with E-state index in [0.717, 1.165) is 0 Å². The number of rotatable bonds is 7. The van der Waals surface area contributed by atoms with E-state index in [1.54, 1.807) is 60.9 Å². The maximum Gasteiger partial charge on any atom is 0.195 e. The molecule has 1 aromatic heterocycles. The fourth-order valence-corrected chi connectivity index (χ4v) is 2.43. The van der Waals surface area contributed by atoms with Crippen molar-refractivity contribution in [2.45, 2.75) is 12.7 Å². The third kappa shape index (κ3) is 4.04. The van der Waals surface area contributed by atoms with E-state index in [1.165, 1.54) is 7.11 Å². The van der Waals surface area contributed by atoms with Crippen LogP contribution in [0.4, 0.5) is 0 Å². The molecule has 6 nitrogen and oxygen atoms in total. The molecule has 3 aromatic rings. The van der Waals surface area contributed by atoms with Crippen LogP contribution in [-0.4, -0.2) is 28.0 Å². The van der Waals surface area contributed by atoms with E-state index in [1.807, 2.05) is 6.07 Å². The highest BCUT2D eigenvalue weighted by atomic mass is 16.5. The van der Waals surface area contributed by atoms with E-state index in [9.17, 15) is 9.90 Å². The van der Waals surface area contributed by atoms with Crippen LogP contribution in [0.25, 0.3) is 0 Å². The van der Waals surface area contributed by atoms with Crippen LogP contribution in [0.2, 0.25) is 0 Å². The Morgan fingerprint density at radius 1 is 1.04 bits per heavy atom. The van der Waals surface area contributed by atoms with Gasteiger partial charge in [0.2, 0.25) is 0 Å². The number of ether oxygens (including phenoxy) is 2. The second-order valence-electron chi connectivity index (χ2n) is 5.50. The molecule has 0 amide bonds. The number of carbonyl (C=O) groups is 1. The lowest BCUT2D eigenvalue weighted by Crippen LogP contribution is -2.12. The summed E-state index contributed by atoms with van der Waals surface area (Å²) >= 11 is 0. The van der Waals surface area contributed by atoms with Gasteiger partial charge in [0, 0.05) is 18.0 Å². The van der Waals surface area contributed by atoms with Gasteiger partial charge in [0.05, 0.1) is 7.11 Å². The van der Waals surface area contributed by atoms with E-state index in [-0.39, 0.29) is 6.61 Å². The molecule has 1 unspecified atom stereocenters. The van der Waals surface area contributed by atoms with Crippen molar-refractivity contribution in [3.63, 3.8) is 0 Å². The van der Waals surface area contributed by atoms with E-state index in [2.05, 4.69) is 9.97 Å². The molecule has 3 rings (SSSR count). The molecule has 132 valence electrons. The lowest BCUT2D eigenvalue weighted by Gasteiger charge is -2.13. The maximum atomic E-state index is 12.5. The zero-order valence-corrected chi connectivity index (χ0v) is 14.2. The van der Waals surface area contributed by atoms with E-state index in [0.29, 0.717) is 28.5 Å². The summed E-state index contributed by atoms with van der Waals surface area (Å²) in [7, 11) is 1.49. The molecule has 0 bridgehead atoms. The highest BCUT2D eigenvalue weighted by Gasteiger charge is 2.20. The molecule has 0 fully saturated rings. The number of Topliss-reactive ketones (excluding diaryl/α,β-unsaturated/α-hetero) is 1. The Labute approximate surface area is 151 Å². The summed E-state index contributed by atoms with van der Waals surface area (Å²) in [5.41, 5.74) is 0.875. The minimum absolute atomic E-state index is 0.178. The van der Waals surface area contributed by atoms with Gasteiger partial charge in [-0.2, -0.15) is 0 Å². The van der Waals surface area contributed by atoms with Crippen LogP contribution in [-0.2, 0) is 6.61 Å². The maximum absolute atomic E-state index is 12.5. The molecule has 1 atom stereocenters. The van der Waals surface area contributed by atoms with Crippen LogP contribution in [0.3, 0.4) is 0 Å². The molecule has 0 radical (unpaired) electrons. The van der Waals surface area contributed by atoms with Crippen molar-refractivity contribution in [1.29, 1.82) is 0 Å². The largest absolute Gasteiger partial charge is 0.493 e. The second-order valence-corrected chi connectivity index (χ2v) is 5.50. The molecule has 26 heavy (non-hydrogen) atoms. The Bertz CT molecular complexity index is 869. The Balaban J connectivity index is 1.76. The van der Waals surface area contributed by atoms with Crippen molar-refractivity contribution in [2.24, 2.45) is 0 Å². The third-order valence-electron chi connectivity index (χ3n) is 3.79. The first kappa shape index (κ1) is 17.6. The molecular weight excluding hydrogens is 332 g/mol. The average Bonchev–Trinajstić information content (AvgIpc) is 2.72. The summed E-state index contributed by atoms with van der Waals surface area (Å²) in [4.78, 5) is 20.7. The molecular formula is C20H18N2O4. The van der Waals surface area contributed by atoms with Gasteiger partial charge in [-0.05, 0) is 29.8 Å². The molecule has 1 heterocycles. The van der Waals surface area contributed by atoms with Crippen molar-refractivity contribution in [2.75, 3.05) is 7.11 Å². The zero-order valence-electron chi connectivity index (χ0n) is 14.2. The number of hydrogen-bond acceptors (Lipinski definition) is 6. The minimum Gasteiger partial charge on any atom is -0.493 e. The fraction of sp³-hybridized carbons (Fsp3) is 0.150. The number of nitrogens with zero attached hydrogens (tertiary/aromatic N) is 2. The number of benzene rings is 2. The number of aliphatic hydroxyl groups excluding tert-OH is 1. The summed E-state index contributed by atoms with van der Waals surface area (Å²) in [5, 5.41) is 10.3. The lowest BCUT2D eigenvalue weighted by molar-refractivity contribution is 0.0747. The highest BCUT2D eigenvalue weighted by molar-refractivity contribution is 6.00. The number of hydrogen-bond donors (Lipinski definition) is 1. The van der Waals surface area contributed by atoms with Crippen LogP contribution in [0.1, 0.15) is 27.8 Å². The number of ketones is 1. The van der Waals surface area contributed by atoms with Crippen LogP contribution in [0, 0.1) is 0 Å². The standard InChI is InChI=1S/C20H18N2O4/c1-25-17-12-15(20(24)19(23)14-6-3-2-4-7-14)8-9-16(17)26-13-18-21-10-5-11-22-18/h2-12,19,23H,13H2,1H3. The quantitative estimate of drug-likeness (QED) is 0.660. The van der Waals surface area contributed by atoms with Crippen LogP contribution in [0.15, 0.2) is 67.0 Å². The molecule has 6 heteroatoms. The minimum atomic E-state index is -1.23. The first-order valence-electron chi connectivity index (χ1n) is 8.03. The molecule has 0 saturated carbocycles. The van der Waals surface area contributed by atoms with E-state index >= 15 is 0 Å². The van der Waals surface area contributed by atoms with Crippen molar-refractivity contribution >= 4 is 5.78 Å². The number of methoxy groups -OCH3 is 1. The monoisotopic (exact) mass is 350 g/mol. The molecule has 1 N–H and O–H groups in total. The summed E-state index contributed by atoms with van der Waals surface area (Å²) in [5.74, 6) is 0.986. The van der Waals surface area contributed by atoms with Gasteiger partial charge in [0.1, 0.15) is 12.7 Å². The fourth-order valence-electron chi connectivity index (χ4n) is 2.43. The van der Waals surface area contributed by atoms with Crippen LogP contribution < -0.4 is 9.47 Å². The highest BCUT2D eigenvalue weighted by Crippen LogP contribution is 2.30. The predicted molar refractivity (Wildman–Crippen MR) is 95.1 cm³/mol. The number of aromatic nitrogens is 2. The van der Waals surface area contributed by atoms with Gasteiger partial charge in [0.15, 0.2) is 23.1 Å². The van der Waals surface area contributed by atoms with E-state index < -0.39 is 11.9 Å². The Kier molecular flexibility index (Phi) is 5.56. The van der Waals surface area contributed by atoms with Crippen LogP contribution in [0.5, 0.6) is 11.5 Å². The molecule has 0 aliphatic heterocycles. The average molecular weight is 350 g/mol. The van der Waals surface area contributed by atoms with Gasteiger partial charge in [-0.3, -0.25) is 4.79 Å². The zero-order chi connectivity index (χ0) is 18.4. The Morgan fingerprint density at radius 2 is 1.77 bits per heavy atom. The number of carbonyl (C=O) groups excluding carboxylic acids is 1. The van der Waals surface area contributed by atoms with Gasteiger partial charge in [-0.25, -0.2) is 9.97 Å². The smallest absolute Gasteiger partial charge is 0.195 e. The van der Waals surface area contributed by atoms with Gasteiger partial charge in [-0.15, -0.1) is 0 Å². The summed E-state index contributed by atoms with van der Waals surface area (Å²) in [6.07, 6.45) is 2.04. The first-order chi connectivity index (χ1) is 12.7. The summed E-state index contributed by atoms with van der Waals surface area (Å²) < 4.78 is 11.0. The molecule has 2 aromatic carbocycles. The van der Waals surface area contributed by atoms with Crippen molar-refractivity contribution in [1.82, 2.24) is 9.97 Å². The summed E-state index contributed by atoms with van der Waals surface area (Å²) in [6.45, 7) is 0.178. The predicted octanol–water partition coefficient (Wildman–Crippen LogP) is 2.98. The molecule has 0 saturated heterocycles. The lowest BCUT2D eigenvalue weighted by atomic mass is 10.00. The summed E-state index contributed by atoms with van der Waals surface area (Å²) in [6, 6.07) is 15.3.